The molecule has 470 valence electrons. The third kappa shape index (κ3) is 25.4. The van der Waals surface area contributed by atoms with E-state index in [1.165, 1.54) is 97.1 Å². The van der Waals surface area contributed by atoms with Gasteiger partial charge in [-0.05, 0) is 140 Å². The standard InChI is InChI=1S/C62H70F4N8O14/c1-85-59(81)51(71-61(83)87-39-43-16-24-49(65)25-17-43)10-3-5-30-67-53(75)35-73(37-55(77)69-32-28-41-12-20-47(63)21-13-41)57(79)45-8-7-9-46(34-45)58(80)74(38-56(78)70-33-29-42-14-22-48(64)23-15-42)36-54(76)68-31-6-4-11-52(60(82)86-2)72-62(84)88-40-44-18-26-50(66)27-19-44/h7-9,12-27,34,51-52H,3-6,10-11,28-33,35-40H2,1-2H3,(H,67,75)(H,68,76)(H,69,77)(H,70,78)(H,71,83)(H,72,84)/t51-,52-/m0/s1. The normalized spacial score (nSPS) is 11.3. The Morgan fingerprint density at radius 2 is 0.716 bits per heavy atom. The predicted molar refractivity (Wildman–Crippen MR) is 309 cm³/mol. The van der Waals surface area contributed by atoms with Crippen LogP contribution in [0.3, 0.4) is 0 Å². The fraction of sp³-hybridized carbons (Fsp3) is 0.355. The first kappa shape index (κ1) is 68.9. The Hall–Kier alpha value is -9.88. The van der Waals surface area contributed by atoms with Gasteiger partial charge in [0.05, 0.1) is 14.2 Å². The van der Waals surface area contributed by atoms with Crippen LogP contribution in [0.4, 0.5) is 27.2 Å². The van der Waals surface area contributed by atoms with Gasteiger partial charge in [0.15, 0.2) is 0 Å². The number of esters is 2. The van der Waals surface area contributed by atoms with Crippen LogP contribution < -0.4 is 31.9 Å². The zero-order valence-electron chi connectivity index (χ0n) is 48.6. The summed E-state index contributed by atoms with van der Waals surface area (Å²) in [5, 5.41) is 15.6. The Balaban J connectivity index is 1.23. The summed E-state index contributed by atoms with van der Waals surface area (Å²) >= 11 is 0. The second-order valence-corrected chi connectivity index (χ2v) is 19.9. The fourth-order valence-electron chi connectivity index (χ4n) is 8.47. The first-order valence-corrected chi connectivity index (χ1v) is 28.0. The van der Waals surface area contributed by atoms with Gasteiger partial charge < -0.3 is 60.6 Å². The van der Waals surface area contributed by atoms with Gasteiger partial charge >= 0.3 is 24.1 Å². The molecule has 22 nitrogen and oxygen atoms in total. The highest BCUT2D eigenvalue weighted by molar-refractivity contribution is 6.03. The minimum atomic E-state index is -1.12. The van der Waals surface area contributed by atoms with E-state index >= 15 is 0 Å². The summed E-state index contributed by atoms with van der Waals surface area (Å²) in [5.41, 5.74) is 2.09. The molecule has 0 bridgehead atoms. The van der Waals surface area contributed by atoms with Gasteiger partial charge in [0.25, 0.3) is 11.8 Å². The number of methoxy groups -OCH3 is 2. The first-order valence-electron chi connectivity index (χ1n) is 28.0. The Morgan fingerprint density at radius 3 is 1.03 bits per heavy atom. The molecule has 0 aromatic heterocycles. The number of carbonyl (C=O) groups excluding carboxylic acids is 10. The minimum absolute atomic E-state index is 0.0220. The Morgan fingerprint density at radius 1 is 0.409 bits per heavy atom. The van der Waals surface area contributed by atoms with Crippen LogP contribution in [0.1, 0.15) is 81.5 Å². The van der Waals surface area contributed by atoms with Gasteiger partial charge in [-0.2, -0.15) is 0 Å². The van der Waals surface area contributed by atoms with Crippen LogP contribution in [-0.4, -0.2) is 148 Å². The van der Waals surface area contributed by atoms with E-state index in [1.807, 2.05) is 0 Å². The van der Waals surface area contributed by atoms with E-state index < -0.39 is 121 Å². The van der Waals surface area contributed by atoms with Crippen LogP contribution in [0.2, 0.25) is 0 Å². The van der Waals surface area contributed by atoms with E-state index in [9.17, 15) is 65.5 Å². The van der Waals surface area contributed by atoms with Crippen LogP contribution >= 0.6 is 0 Å². The predicted octanol–water partition coefficient (Wildman–Crippen LogP) is 5.35. The molecule has 0 saturated carbocycles. The van der Waals surface area contributed by atoms with E-state index in [1.54, 1.807) is 24.3 Å². The zero-order chi connectivity index (χ0) is 63.8. The van der Waals surface area contributed by atoms with Crippen molar-refractivity contribution < 1.29 is 84.5 Å². The lowest BCUT2D eigenvalue weighted by Crippen LogP contribution is -2.47. The second-order valence-electron chi connectivity index (χ2n) is 19.9. The molecule has 0 spiro atoms. The monoisotopic (exact) mass is 1230 g/mol. The number of hydrogen-bond donors (Lipinski definition) is 6. The maximum Gasteiger partial charge on any atom is 0.408 e. The number of rotatable bonds is 34. The van der Waals surface area contributed by atoms with Crippen molar-refractivity contribution in [2.45, 2.75) is 76.7 Å². The topological polar surface area (TPSA) is 286 Å². The SMILES string of the molecule is COC(=O)[C@H](CCCCNC(=O)CN(CC(=O)NCCc1ccc(F)cc1)C(=O)c1cccc(C(=O)N(CC(=O)NCCCC[C@H](NC(=O)OCc2ccc(F)cc2)C(=O)OC)CC(=O)NCCc2ccc(F)cc2)c1)NC(=O)OCc1ccc(F)cc1. The molecule has 0 aliphatic rings. The summed E-state index contributed by atoms with van der Waals surface area (Å²) < 4.78 is 73.6. The van der Waals surface area contributed by atoms with E-state index in [0.29, 0.717) is 35.1 Å². The van der Waals surface area contributed by atoms with Crippen molar-refractivity contribution in [3.8, 4) is 0 Å². The van der Waals surface area contributed by atoms with Gasteiger partial charge in [-0.25, -0.2) is 36.7 Å². The lowest BCUT2D eigenvalue weighted by atomic mass is 10.1. The van der Waals surface area contributed by atoms with Gasteiger partial charge in [-0.1, -0.05) is 54.6 Å². The summed E-state index contributed by atoms with van der Waals surface area (Å²) in [6.45, 7) is -2.82. The average molecular weight is 1230 g/mol. The molecule has 0 heterocycles. The second kappa shape index (κ2) is 36.8. The molecular weight excluding hydrogens is 1160 g/mol. The molecule has 0 fully saturated rings. The van der Waals surface area contributed by atoms with Gasteiger partial charge in [0.2, 0.25) is 23.6 Å². The highest BCUT2D eigenvalue weighted by Crippen LogP contribution is 2.14. The molecule has 0 unspecified atom stereocenters. The molecule has 0 radical (unpaired) electrons. The van der Waals surface area contributed by atoms with Gasteiger partial charge in [0.1, 0.15) is 74.7 Å². The fourth-order valence-corrected chi connectivity index (χ4v) is 8.47. The van der Waals surface area contributed by atoms with Crippen LogP contribution in [0, 0.1) is 23.3 Å². The van der Waals surface area contributed by atoms with Crippen molar-refractivity contribution in [2.24, 2.45) is 0 Å². The summed E-state index contributed by atoms with van der Waals surface area (Å²) in [6.07, 6.45) is -0.0390. The van der Waals surface area contributed by atoms with E-state index in [0.717, 1.165) is 24.0 Å². The molecule has 5 aromatic carbocycles. The molecule has 8 amide bonds. The molecule has 2 atom stereocenters. The number of carbonyl (C=O) groups is 10. The number of alkyl carbamates (subject to hydrolysis) is 2. The third-order valence-electron chi connectivity index (χ3n) is 13.2. The Labute approximate surface area is 505 Å². The molecule has 5 rings (SSSR count). The van der Waals surface area contributed by atoms with E-state index in [4.69, 9.17) is 18.9 Å². The van der Waals surface area contributed by atoms with E-state index in [-0.39, 0.29) is 89.0 Å². The molecule has 6 N–H and O–H groups in total. The van der Waals surface area contributed by atoms with Crippen molar-refractivity contribution in [2.75, 3.05) is 66.6 Å². The summed E-state index contributed by atoms with van der Waals surface area (Å²) in [7, 11) is 2.27. The van der Waals surface area contributed by atoms with Crippen molar-refractivity contribution in [3.63, 3.8) is 0 Å². The largest absolute Gasteiger partial charge is 0.467 e. The highest BCUT2D eigenvalue weighted by atomic mass is 19.1. The number of halogens is 4. The molecule has 0 aliphatic carbocycles. The number of amides is 8. The number of benzene rings is 5. The van der Waals surface area contributed by atoms with Crippen molar-refractivity contribution in [1.82, 2.24) is 41.7 Å². The minimum Gasteiger partial charge on any atom is -0.467 e. The van der Waals surface area contributed by atoms with Gasteiger partial charge in [-0.15, -0.1) is 0 Å². The zero-order valence-corrected chi connectivity index (χ0v) is 48.6. The van der Waals surface area contributed by atoms with Gasteiger partial charge in [0, 0.05) is 37.3 Å². The first-order chi connectivity index (χ1) is 42.3. The summed E-state index contributed by atoms with van der Waals surface area (Å²) in [5.74, 6) is -7.84. The highest BCUT2D eigenvalue weighted by Gasteiger charge is 2.27. The van der Waals surface area contributed by atoms with E-state index in [2.05, 4.69) is 31.9 Å². The lowest BCUT2D eigenvalue weighted by molar-refractivity contribution is -0.144. The molecule has 0 saturated heterocycles. The summed E-state index contributed by atoms with van der Waals surface area (Å²) in [6, 6.07) is 24.7. The van der Waals surface area contributed by atoms with Crippen LogP contribution in [0.15, 0.2) is 121 Å². The maximum atomic E-state index is 14.4. The van der Waals surface area contributed by atoms with Crippen molar-refractivity contribution in [3.05, 3.63) is 178 Å². The molecule has 5 aromatic rings. The van der Waals surface area contributed by atoms with Crippen LogP contribution in [0.5, 0.6) is 0 Å². The lowest BCUT2D eigenvalue weighted by Gasteiger charge is -2.24. The molecule has 26 heteroatoms. The number of nitrogens with one attached hydrogen (secondary N) is 6. The number of hydrogen-bond acceptors (Lipinski definition) is 14. The molecular formula is C62H70F4N8O14. The molecule has 0 aliphatic heterocycles. The summed E-state index contributed by atoms with van der Waals surface area (Å²) in [4.78, 5) is 134. The smallest absolute Gasteiger partial charge is 0.408 e. The number of ether oxygens (including phenoxy) is 4. The van der Waals surface area contributed by atoms with Crippen LogP contribution in [-0.2, 0) is 73.8 Å². The van der Waals surface area contributed by atoms with Crippen molar-refractivity contribution >= 4 is 59.6 Å². The van der Waals surface area contributed by atoms with Crippen LogP contribution in [0.25, 0.3) is 0 Å². The number of unbranched alkanes of at least 4 members (excludes halogenated alkanes) is 2. The maximum absolute atomic E-state index is 14.4. The number of nitrogens with zero attached hydrogens (tertiary/aromatic N) is 2. The quantitative estimate of drug-likeness (QED) is 0.0131. The average Bonchev–Trinajstić information content (AvgIpc) is 2.78. The van der Waals surface area contributed by atoms with Gasteiger partial charge in [-0.3, -0.25) is 28.8 Å². The molecule has 88 heavy (non-hydrogen) atoms. The van der Waals surface area contributed by atoms with Crippen molar-refractivity contribution in [1.29, 1.82) is 0 Å². The Bertz CT molecular complexity index is 2940. The third-order valence-corrected chi connectivity index (χ3v) is 13.2. The Kier molecular flexibility index (Phi) is 28.9.